The van der Waals surface area contributed by atoms with E-state index in [1.54, 1.807) is 7.11 Å². The second-order valence-corrected chi connectivity index (χ2v) is 5.71. The van der Waals surface area contributed by atoms with E-state index in [9.17, 15) is 0 Å². The van der Waals surface area contributed by atoms with E-state index < -0.39 is 0 Å². The topological polar surface area (TPSA) is 30.5 Å². The van der Waals surface area contributed by atoms with Crippen molar-refractivity contribution in [1.82, 2.24) is 5.32 Å². The van der Waals surface area contributed by atoms with Crippen LogP contribution in [-0.4, -0.2) is 19.4 Å². The van der Waals surface area contributed by atoms with Gasteiger partial charge in [0.2, 0.25) is 0 Å². The fourth-order valence-corrected chi connectivity index (χ4v) is 1.85. The molecule has 0 amide bonds. The lowest BCUT2D eigenvalue weighted by Crippen LogP contribution is -2.35. The zero-order valence-corrected chi connectivity index (χ0v) is 12.4. The van der Waals surface area contributed by atoms with Gasteiger partial charge in [-0.3, -0.25) is 0 Å². The molecule has 0 atom stereocenters. The maximum absolute atomic E-state index is 5.57. The molecule has 1 rings (SSSR count). The highest BCUT2D eigenvalue weighted by molar-refractivity contribution is 5.43. The molecule has 3 heteroatoms. The Morgan fingerprint density at radius 3 is 2.11 bits per heavy atom. The first kappa shape index (κ1) is 15.0. The average Bonchev–Trinajstić information content (AvgIpc) is 2.24. The molecule has 0 saturated heterocycles. The number of aryl methyl sites for hydroxylation is 2. The molecule has 0 radical (unpaired) electrons. The lowest BCUT2D eigenvalue weighted by molar-refractivity contribution is 0.0501. The van der Waals surface area contributed by atoms with Crippen molar-refractivity contribution in [3.63, 3.8) is 0 Å². The highest BCUT2D eigenvalue weighted by Gasteiger charge is 2.10. The number of hydrogen-bond acceptors (Lipinski definition) is 3. The van der Waals surface area contributed by atoms with E-state index in [-0.39, 0.29) is 5.54 Å². The van der Waals surface area contributed by atoms with E-state index in [0.29, 0.717) is 6.79 Å². The van der Waals surface area contributed by atoms with E-state index in [1.165, 1.54) is 5.56 Å². The molecule has 1 aromatic carbocycles. The molecule has 1 aromatic rings. The standard InChI is InChI=1S/C15H25NO2/c1-11-7-13(9-16-15(3,4)5)8-12(2)14(11)18-10-17-6/h7-8,16H,9-10H2,1-6H3. The van der Waals surface area contributed by atoms with Gasteiger partial charge in [0.05, 0.1) is 0 Å². The molecule has 18 heavy (non-hydrogen) atoms. The Hall–Kier alpha value is -1.06. The van der Waals surface area contributed by atoms with Crippen molar-refractivity contribution in [2.45, 2.75) is 46.7 Å². The fourth-order valence-electron chi connectivity index (χ4n) is 1.85. The summed E-state index contributed by atoms with van der Waals surface area (Å²) >= 11 is 0. The molecule has 0 spiro atoms. The third-order valence-corrected chi connectivity index (χ3v) is 2.66. The number of benzene rings is 1. The van der Waals surface area contributed by atoms with Gasteiger partial charge >= 0.3 is 0 Å². The predicted octanol–water partition coefficient (Wildman–Crippen LogP) is 3.17. The van der Waals surface area contributed by atoms with E-state index in [2.05, 4.69) is 52.1 Å². The van der Waals surface area contributed by atoms with Crippen LogP contribution in [0.3, 0.4) is 0 Å². The first-order valence-electron chi connectivity index (χ1n) is 6.30. The molecule has 0 aromatic heterocycles. The Labute approximate surface area is 110 Å². The highest BCUT2D eigenvalue weighted by atomic mass is 16.7. The van der Waals surface area contributed by atoms with Crippen LogP contribution in [0.15, 0.2) is 12.1 Å². The van der Waals surface area contributed by atoms with Gasteiger partial charge in [-0.1, -0.05) is 12.1 Å². The summed E-state index contributed by atoms with van der Waals surface area (Å²) in [5.74, 6) is 0.927. The third-order valence-electron chi connectivity index (χ3n) is 2.66. The fraction of sp³-hybridized carbons (Fsp3) is 0.600. The number of methoxy groups -OCH3 is 1. The van der Waals surface area contributed by atoms with Gasteiger partial charge in [0.25, 0.3) is 0 Å². The normalized spacial score (nSPS) is 11.7. The first-order chi connectivity index (χ1) is 8.33. The lowest BCUT2D eigenvalue weighted by Gasteiger charge is -2.21. The van der Waals surface area contributed by atoms with E-state index in [1.807, 2.05) is 0 Å². The second kappa shape index (κ2) is 6.21. The van der Waals surface area contributed by atoms with Crippen molar-refractivity contribution in [3.8, 4) is 5.75 Å². The Kier molecular flexibility index (Phi) is 5.17. The number of rotatable bonds is 5. The van der Waals surface area contributed by atoms with Crippen molar-refractivity contribution in [3.05, 3.63) is 28.8 Å². The molecule has 0 saturated carbocycles. The van der Waals surface area contributed by atoms with E-state index in [0.717, 1.165) is 23.4 Å². The minimum atomic E-state index is 0.132. The van der Waals surface area contributed by atoms with Crippen LogP contribution >= 0.6 is 0 Å². The molecule has 1 N–H and O–H groups in total. The van der Waals surface area contributed by atoms with Crippen molar-refractivity contribution < 1.29 is 9.47 Å². The van der Waals surface area contributed by atoms with Gasteiger partial charge in [-0.15, -0.1) is 0 Å². The summed E-state index contributed by atoms with van der Waals surface area (Å²) in [5, 5.41) is 3.49. The summed E-state index contributed by atoms with van der Waals surface area (Å²) in [5.41, 5.74) is 3.72. The van der Waals surface area contributed by atoms with E-state index in [4.69, 9.17) is 9.47 Å². The van der Waals surface area contributed by atoms with Crippen molar-refractivity contribution in [1.29, 1.82) is 0 Å². The largest absolute Gasteiger partial charge is 0.467 e. The van der Waals surface area contributed by atoms with Crippen LogP contribution < -0.4 is 10.1 Å². The van der Waals surface area contributed by atoms with Crippen LogP contribution in [0.4, 0.5) is 0 Å². The SMILES string of the molecule is COCOc1c(C)cc(CNC(C)(C)C)cc1C. The number of nitrogens with one attached hydrogen (secondary N) is 1. The van der Waals surface area contributed by atoms with Gasteiger partial charge in [0, 0.05) is 19.2 Å². The van der Waals surface area contributed by atoms with E-state index >= 15 is 0 Å². The van der Waals surface area contributed by atoms with Gasteiger partial charge in [-0.2, -0.15) is 0 Å². The second-order valence-electron chi connectivity index (χ2n) is 5.71. The molecule has 3 nitrogen and oxygen atoms in total. The lowest BCUT2D eigenvalue weighted by atomic mass is 10.0. The third kappa shape index (κ3) is 4.67. The summed E-state index contributed by atoms with van der Waals surface area (Å²) < 4.78 is 10.5. The predicted molar refractivity (Wildman–Crippen MR) is 75.0 cm³/mol. The Balaban J connectivity index is 2.79. The summed E-state index contributed by atoms with van der Waals surface area (Å²) in [4.78, 5) is 0. The quantitative estimate of drug-likeness (QED) is 0.815. The number of hydrogen-bond donors (Lipinski definition) is 1. The molecule has 0 fully saturated rings. The molecule has 102 valence electrons. The average molecular weight is 251 g/mol. The summed E-state index contributed by atoms with van der Waals surface area (Å²) in [6.45, 7) is 11.8. The van der Waals surface area contributed by atoms with Crippen LogP contribution in [0.2, 0.25) is 0 Å². The van der Waals surface area contributed by atoms with Gasteiger partial charge in [0.15, 0.2) is 6.79 Å². The van der Waals surface area contributed by atoms with Gasteiger partial charge in [-0.25, -0.2) is 0 Å². The van der Waals surface area contributed by atoms with Crippen molar-refractivity contribution >= 4 is 0 Å². The maximum Gasteiger partial charge on any atom is 0.188 e. The maximum atomic E-state index is 5.57. The van der Waals surface area contributed by atoms with Crippen LogP contribution in [0.5, 0.6) is 5.75 Å². The smallest absolute Gasteiger partial charge is 0.188 e. The van der Waals surface area contributed by atoms with Crippen LogP contribution in [0.1, 0.15) is 37.5 Å². The number of ether oxygens (including phenoxy) is 2. The molecule has 0 unspecified atom stereocenters. The molecule has 0 aliphatic carbocycles. The monoisotopic (exact) mass is 251 g/mol. The summed E-state index contributed by atoms with van der Waals surface area (Å²) in [6, 6.07) is 4.33. The van der Waals surface area contributed by atoms with Crippen LogP contribution in [0, 0.1) is 13.8 Å². The molecule has 0 bridgehead atoms. The Morgan fingerprint density at radius 2 is 1.67 bits per heavy atom. The first-order valence-corrected chi connectivity index (χ1v) is 6.30. The van der Waals surface area contributed by atoms with Crippen LogP contribution in [-0.2, 0) is 11.3 Å². The Morgan fingerprint density at radius 1 is 1.11 bits per heavy atom. The van der Waals surface area contributed by atoms with Crippen LogP contribution in [0.25, 0.3) is 0 Å². The zero-order chi connectivity index (χ0) is 13.8. The van der Waals surface area contributed by atoms with Gasteiger partial charge in [-0.05, 0) is 51.3 Å². The summed E-state index contributed by atoms with van der Waals surface area (Å²) in [6.07, 6.45) is 0. The molecule has 0 heterocycles. The Bertz CT molecular complexity index is 371. The molecule has 0 aliphatic heterocycles. The minimum Gasteiger partial charge on any atom is -0.467 e. The molecule has 0 aliphatic rings. The minimum absolute atomic E-state index is 0.132. The van der Waals surface area contributed by atoms with Gasteiger partial charge < -0.3 is 14.8 Å². The molecular weight excluding hydrogens is 226 g/mol. The van der Waals surface area contributed by atoms with Crippen molar-refractivity contribution in [2.24, 2.45) is 0 Å². The summed E-state index contributed by atoms with van der Waals surface area (Å²) in [7, 11) is 1.63. The highest BCUT2D eigenvalue weighted by Crippen LogP contribution is 2.25. The zero-order valence-electron chi connectivity index (χ0n) is 12.4. The molecular formula is C15H25NO2. The van der Waals surface area contributed by atoms with Crippen molar-refractivity contribution in [2.75, 3.05) is 13.9 Å². The van der Waals surface area contributed by atoms with Gasteiger partial charge in [0.1, 0.15) is 5.75 Å².